The first-order chi connectivity index (χ1) is 10.1. The number of aromatic nitrogens is 1. The lowest BCUT2D eigenvalue weighted by Gasteiger charge is -2.29. The molecule has 1 fully saturated rings. The lowest BCUT2D eigenvalue weighted by Crippen LogP contribution is -2.29. The van der Waals surface area contributed by atoms with Gasteiger partial charge >= 0.3 is 10.8 Å². The second kappa shape index (κ2) is 4.90. The third kappa shape index (κ3) is 2.13. The van der Waals surface area contributed by atoms with Gasteiger partial charge in [0.15, 0.2) is 0 Å². The van der Waals surface area contributed by atoms with E-state index in [4.69, 9.17) is 16.3 Å². The van der Waals surface area contributed by atoms with Crippen molar-refractivity contribution in [3.8, 4) is 0 Å². The standard InChI is InChI=1S/C14H10ClNO3S2/c15-7-3-1-6(2-4-7)9-10-8(5-19-13(10)17)20-12-11(9)21-14(18)16-12/h1-4,8-10H,5H2,(H,16,18)/t8-,9-,10+/m1/s1. The molecule has 2 aliphatic heterocycles. The number of nitrogens with one attached hydrogen (secondary N) is 1. The highest BCUT2D eigenvalue weighted by molar-refractivity contribution is 8.00. The Kier molecular flexibility index (Phi) is 3.13. The molecule has 3 heterocycles. The zero-order valence-corrected chi connectivity index (χ0v) is 13.1. The van der Waals surface area contributed by atoms with Crippen LogP contribution < -0.4 is 4.87 Å². The van der Waals surface area contributed by atoms with Gasteiger partial charge in [-0.3, -0.25) is 9.59 Å². The maximum absolute atomic E-state index is 12.1. The number of thioether (sulfide) groups is 1. The van der Waals surface area contributed by atoms with Crippen molar-refractivity contribution in [3.63, 3.8) is 0 Å². The molecule has 1 saturated heterocycles. The second-order valence-electron chi connectivity index (χ2n) is 5.05. The summed E-state index contributed by atoms with van der Waals surface area (Å²) < 4.78 is 5.23. The normalized spacial score (nSPS) is 27.1. The number of fused-ring (bicyclic) bond motifs is 2. The van der Waals surface area contributed by atoms with E-state index in [0.717, 1.165) is 15.5 Å². The maximum atomic E-state index is 12.1. The van der Waals surface area contributed by atoms with Crippen LogP contribution in [0, 0.1) is 5.92 Å². The number of esters is 1. The molecule has 1 aromatic carbocycles. The molecule has 108 valence electrons. The van der Waals surface area contributed by atoms with Crippen LogP contribution in [0.15, 0.2) is 34.1 Å². The number of hydrogen-bond acceptors (Lipinski definition) is 5. The minimum Gasteiger partial charge on any atom is -0.464 e. The van der Waals surface area contributed by atoms with Gasteiger partial charge in [-0.15, -0.1) is 0 Å². The first kappa shape index (κ1) is 13.4. The summed E-state index contributed by atoms with van der Waals surface area (Å²) in [4.78, 5) is 27.5. The van der Waals surface area contributed by atoms with Crippen molar-refractivity contribution in [1.29, 1.82) is 0 Å². The molecule has 4 nitrogen and oxygen atoms in total. The monoisotopic (exact) mass is 339 g/mol. The summed E-state index contributed by atoms with van der Waals surface area (Å²) in [7, 11) is 0. The second-order valence-corrected chi connectivity index (χ2v) is 7.75. The van der Waals surface area contributed by atoms with E-state index in [1.165, 1.54) is 23.1 Å². The van der Waals surface area contributed by atoms with Gasteiger partial charge in [0, 0.05) is 15.8 Å². The van der Waals surface area contributed by atoms with Crippen molar-refractivity contribution >= 4 is 40.7 Å². The van der Waals surface area contributed by atoms with E-state index in [9.17, 15) is 9.59 Å². The number of benzene rings is 1. The number of carbonyl (C=O) groups is 1. The maximum Gasteiger partial charge on any atom is 0.311 e. The van der Waals surface area contributed by atoms with Crippen molar-refractivity contribution in [2.24, 2.45) is 5.92 Å². The van der Waals surface area contributed by atoms with E-state index in [1.807, 2.05) is 24.3 Å². The number of thiazole rings is 1. The quantitative estimate of drug-likeness (QED) is 0.812. The van der Waals surface area contributed by atoms with E-state index in [2.05, 4.69) is 4.98 Å². The summed E-state index contributed by atoms with van der Waals surface area (Å²) in [5.41, 5.74) is 0.991. The van der Waals surface area contributed by atoms with Gasteiger partial charge in [-0.05, 0) is 17.7 Å². The summed E-state index contributed by atoms with van der Waals surface area (Å²) in [6.45, 7) is 0.398. The Bertz CT molecular complexity index is 767. The molecule has 0 amide bonds. The van der Waals surface area contributed by atoms with E-state index < -0.39 is 0 Å². The number of cyclic esters (lactones) is 1. The largest absolute Gasteiger partial charge is 0.464 e. The lowest BCUT2D eigenvalue weighted by molar-refractivity contribution is -0.141. The van der Waals surface area contributed by atoms with Gasteiger partial charge in [-0.2, -0.15) is 0 Å². The number of rotatable bonds is 1. The van der Waals surface area contributed by atoms with Crippen LogP contribution in [0.4, 0.5) is 0 Å². The first-order valence-corrected chi connectivity index (χ1v) is 8.52. The van der Waals surface area contributed by atoms with Gasteiger partial charge < -0.3 is 9.72 Å². The molecule has 1 aromatic heterocycles. The fraction of sp³-hybridized carbons (Fsp3) is 0.286. The fourth-order valence-electron chi connectivity index (χ4n) is 2.94. The summed E-state index contributed by atoms with van der Waals surface area (Å²) >= 11 is 8.66. The predicted octanol–water partition coefficient (Wildman–Crippen LogP) is 2.87. The summed E-state index contributed by atoms with van der Waals surface area (Å²) in [6.07, 6.45) is 0. The first-order valence-electron chi connectivity index (χ1n) is 6.45. The van der Waals surface area contributed by atoms with E-state index in [1.54, 1.807) is 0 Å². The van der Waals surface area contributed by atoms with E-state index in [-0.39, 0.29) is 27.9 Å². The van der Waals surface area contributed by atoms with Crippen LogP contribution in [-0.2, 0) is 9.53 Å². The molecule has 7 heteroatoms. The van der Waals surface area contributed by atoms with Crippen LogP contribution in [0.3, 0.4) is 0 Å². The SMILES string of the molecule is O=C1OC[C@H]2Sc3[nH]c(=O)sc3[C@H](c3ccc(Cl)cc3)[C@@H]12. The molecule has 0 saturated carbocycles. The summed E-state index contributed by atoms with van der Waals surface area (Å²) in [6, 6.07) is 7.45. The third-order valence-corrected chi connectivity index (χ3v) is 6.48. The molecule has 0 bridgehead atoms. The highest BCUT2D eigenvalue weighted by Gasteiger charge is 2.49. The van der Waals surface area contributed by atoms with E-state index >= 15 is 0 Å². The molecule has 0 radical (unpaired) electrons. The topological polar surface area (TPSA) is 59.2 Å². The number of aromatic amines is 1. The highest BCUT2D eigenvalue weighted by Crippen LogP contribution is 2.51. The Balaban J connectivity index is 1.89. The van der Waals surface area contributed by atoms with Gasteiger partial charge in [0.1, 0.15) is 6.61 Å². The van der Waals surface area contributed by atoms with Crippen LogP contribution in [0.1, 0.15) is 16.4 Å². The van der Waals surface area contributed by atoms with Crippen LogP contribution in [-0.4, -0.2) is 22.8 Å². The Morgan fingerprint density at radius 3 is 2.76 bits per heavy atom. The van der Waals surface area contributed by atoms with Crippen LogP contribution in [0.2, 0.25) is 5.02 Å². The van der Waals surface area contributed by atoms with E-state index in [0.29, 0.717) is 11.6 Å². The third-order valence-electron chi connectivity index (χ3n) is 3.84. The Labute approximate surface area is 133 Å². The van der Waals surface area contributed by atoms with Crippen molar-refractivity contribution < 1.29 is 9.53 Å². The molecule has 0 aliphatic carbocycles. The predicted molar refractivity (Wildman–Crippen MR) is 82.3 cm³/mol. The Morgan fingerprint density at radius 1 is 1.24 bits per heavy atom. The number of ether oxygens (including phenoxy) is 1. The van der Waals surface area contributed by atoms with Crippen molar-refractivity contribution in [2.75, 3.05) is 6.61 Å². The van der Waals surface area contributed by atoms with Crippen molar-refractivity contribution in [3.05, 3.63) is 49.4 Å². The number of carbonyl (C=O) groups excluding carboxylic acids is 1. The molecule has 0 unspecified atom stereocenters. The molecular weight excluding hydrogens is 330 g/mol. The Hall–Kier alpha value is -1.24. The molecule has 3 atom stereocenters. The zero-order chi connectivity index (χ0) is 14.6. The lowest BCUT2D eigenvalue weighted by atomic mass is 9.83. The number of halogens is 1. The zero-order valence-electron chi connectivity index (χ0n) is 10.7. The molecule has 2 aliphatic rings. The molecular formula is C14H10ClNO3S2. The molecule has 21 heavy (non-hydrogen) atoms. The average Bonchev–Trinajstić information content (AvgIpc) is 3.00. The van der Waals surface area contributed by atoms with Crippen molar-refractivity contribution in [1.82, 2.24) is 4.98 Å². The smallest absolute Gasteiger partial charge is 0.311 e. The number of hydrogen-bond donors (Lipinski definition) is 1. The summed E-state index contributed by atoms with van der Waals surface area (Å²) in [5, 5.41) is 1.57. The average molecular weight is 340 g/mol. The molecule has 0 spiro atoms. The van der Waals surface area contributed by atoms with Crippen LogP contribution >= 0.6 is 34.7 Å². The molecule has 4 rings (SSSR count). The van der Waals surface area contributed by atoms with Gasteiger partial charge in [0.25, 0.3) is 0 Å². The molecule has 2 aromatic rings. The fourth-order valence-corrected chi connectivity index (χ4v) is 5.55. The number of H-pyrrole nitrogens is 1. The van der Waals surface area contributed by atoms with Crippen LogP contribution in [0.5, 0.6) is 0 Å². The van der Waals surface area contributed by atoms with Gasteiger partial charge in [-0.1, -0.05) is 46.8 Å². The minimum absolute atomic E-state index is 0.0518. The van der Waals surface area contributed by atoms with Crippen LogP contribution in [0.25, 0.3) is 0 Å². The van der Waals surface area contributed by atoms with Gasteiger partial charge in [0.2, 0.25) is 0 Å². The summed E-state index contributed by atoms with van der Waals surface area (Å²) in [5.74, 6) is -0.559. The van der Waals surface area contributed by atoms with Crippen molar-refractivity contribution in [2.45, 2.75) is 16.2 Å². The van der Waals surface area contributed by atoms with Gasteiger partial charge in [0.05, 0.1) is 16.2 Å². The highest BCUT2D eigenvalue weighted by atomic mass is 35.5. The minimum atomic E-state index is -0.241. The molecule has 1 N–H and O–H groups in total. The Morgan fingerprint density at radius 2 is 2.00 bits per heavy atom. The van der Waals surface area contributed by atoms with Gasteiger partial charge in [-0.25, -0.2) is 0 Å².